The maximum atomic E-state index is 13.2. The number of rotatable bonds is 5. The number of carbonyl (C=O) groups is 1. The van der Waals surface area contributed by atoms with Gasteiger partial charge >= 0.3 is 0 Å². The van der Waals surface area contributed by atoms with Crippen molar-refractivity contribution in [1.29, 1.82) is 0 Å². The van der Waals surface area contributed by atoms with Gasteiger partial charge < -0.3 is 5.32 Å². The van der Waals surface area contributed by atoms with Gasteiger partial charge in [-0.05, 0) is 63.3 Å². The summed E-state index contributed by atoms with van der Waals surface area (Å²) in [6.07, 6.45) is 0.694. The van der Waals surface area contributed by atoms with Crippen LogP contribution in [-0.4, -0.2) is 42.6 Å². The maximum Gasteiger partial charge on any atom is 0.282 e. The molecule has 1 aliphatic heterocycles. The van der Waals surface area contributed by atoms with Gasteiger partial charge in [0.15, 0.2) is 0 Å². The molecule has 0 unspecified atom stereocenters. The van der Waals surface area contributed by atoms with Crippen molar-refractivity contribution in [2.24, 2.45) is 0 Å². The first-order chi connectivity index (χ1) is 14.1. The third-order valence-corrected chi connectivity index (χ3v) is 7.51. The number of hydrogen-bond acceptors (Lipinski definition) is 3. The Morgan fingerprint density at radius 2 is 1.53 bits per heavy atom. The van der Waals surface area contributed by atoms with Gasteiger partial charge in [-0.15, -0.1) is 0 Å². The van der Waals surface area contributed by atoms with Crippen LogP contribution in [0.1, 0.15) is 39.8 Å². The van der Waals surface area contributed by atoms with Gasteiger partial charge in [0.25, 0.3) is 10.2 Å². The maximum absolute atomic E-state index is 13.2. The molecule has 30 heavy (non-hydrogen) atoms. The van der Waals surface area contributed by atoms with E-state index in [0.717, 1.165) is 39.1 Å². The first-order valence-corrected chi connectivity index (χ1v) is 11.7. The van der Waals surface area contributed by atoms with E-state index in [1.54, 1.807) is 0 Å². The van der Waals surface area contributed by atoms with Crippen molar-refractivity contribution in [1.82, 2.24) is 8.61 Å². The molecule has 0 spiro atoms. The molecule has 1 saturated heterocycles. The van der Waals surface area contributed by atoms with Crippen LogP contribution in [0.4, 0.5) is 5.69 Å². The number of benzene rings is 2. The van der Waals surface area contributed by atoms with Gasteiger partial charge in [0, 0.05) is 25.3 Å². The van der Waals surface area contributed by atoms with Crippen molar-refractivity contribution in [2.45, 2.75) is 47.6 Å². The van der Waals surface area contributed by atoms with E-state index in [9.17, 15) is 13.2 Å². The van der Waals surface area contributed by atoms with E-state index < -0.39 is 10.2 Å². The van der Waals surface area contributed by atoms with E-state index in [0.29, 0.717) is 26.1 Å². The van der Waals surface area contributed by atoms with Crippen LogP contribution in [0.25, 0.3) is 0 Å². The molecule has 1 amide bonds. The molecular formula is C23H31N3O3S. The Morgan fingerprint density at radius 3 is 2.20 bits per heavy atom. The van der Waals surface area contributed by atoms with Gasteiger partial charge in [0.1, 0.15) is 0 Å². The van der Waals surface area contributed by atoms with Crippen molar-refractivity contribution < 1.29 is 13.2 Å². The van der Waals surface area contributed by atoms with Crippen LogP contribution < -0.4 is 5.32 Å². The molecule has 7 heteroatoms. The lowest BCUT2D eigenvalue weighted by Crippen LogP contribution is -2.51. The van der Waals surface area contributed by atoms with Crippen LogP contribution in [0.2, 0.25) is 0 Å². The number of anilines is 1. The number of nitrogens with zero attached hydrogens (tertiary/aromatic N) is 2. The molecule has 162 valence electrons. The van der Waals surface area contributed by atoms with Gasteiger partial charge in [-0.2, -0.15) is 17.0 Å². The minimum Gasteiger partial charge on any atom is -0.324 e. The number of hydrogen-bond donors (Lipinski definition) is 1. The third-order valence-electron chi connectivity index (χ3n) is 5.58. The second-order valence-electron chi connectivity index (χ2n) is 8.28. The van der Waals surface area contributed by atoms with E-state index in [1.165, 1.54) is 8.61 Å². The van der Waals surface area contributed by atoms with Crippen molar-refractivity contribution in [2.75, 3.05) is 25.0 Å². The lowest BCUT2D eigenvalue weighted by atomic mass is 10.1. The predicted molar refractivity (Wildman–Crippen MR) is 121 cm³/mol. The molecule has 0 bridgehead atoms. The fourth-order valence-corrected chi connectivity index (χ4v) is 5.64. The first-order valence-electron chi connectivity index (χ1n) is 10.3. The number of aryl methyl sites for hydroxylation is 5. The van der Waals surface area contributed by atoms with Gasteiger partial charge in [-0.3, -0.25) is 4.79 Å². The van der Waals surface area contributed by atoms with E-state index in [-0.39, 0.29) is 12.5 Å². The number of carbonyl (C=O) groups excluding carboxylic acids is 1. The highest BCUT2D eigenvalue weighted by atomic mass is 32.2. The molecule has 1 fully saturated rings. The van der Waals surface area contributed by atoms with Crippen molar-refractivity contribution in [3.63, 3.8) is 0 Å². The minimum atomic E-state index is -3.70. The highest BCUT2D eigenvalue weighted by molar-refractivity contribution is 7.86. The van der Waals surface area contributed by atoms with Gasteiger partial charge in [0.05, 0.1) is 6.54 Å². The summed E-state index contributed by atoms with van der Waals surface area (Å²) in [5.41, 5.74) is 6.99. The van der Waals surface area contributed by atoms with Crippen LogP contribution in [0, 0.1) is 34.6 Å². The van der Waals surface area contributed by atoms with E-state index in [4.69, 9.17) is 0 Å². The Labute approximate surface area is 180 Å². The average Bonchev–Trinajstić information content (AvgIpc) is 2.64. The smallest absolute Gasteiger partial charge is 0.282 e. The standard InChI is InChI=1S/C23H31N3O3S/c1-16-7-8-18(3)21(13-16)14-25-9-6-10-26(30(25,28)29)15-22(27)24-23-19(4)11-17(2)12-20(23)5/h7-8,11-13H,6,9-10,14-15H2,1-5H3,(H,24,27). The molecule has 0 saturated carbocycles. The second kappa shape index (κ2) is 8.88. The summed E-state index contributed by atoms with van der Waals surface area (Å²) in [5.74, 6) is -0.317. The third kappa shape index (κ3) is 4.91. The summed E-state index contributed by atoms with van der Waals surface area (Å²) in [6.45, 7) is 10.8. The van der Waals surface area contributed by atoms with E-state index >= 15 is 0 Å². The topological polar surface area (TPSA) is 69.7 Å². The van der Waals surface area contributed by atoms with Crippen LogP contribution in [0.15, 0.2) is 30.3 Å². The fourth-order valence-electron chi connectivity index (χ4n) is 4.02. The van der Waals surface area contributed by atoms with Crippen molar-refractivity contribution >= 4 is 21.8 Å². The van der Waals surface area contributed by atoms with Crippen molar-refractivity contribution in [3.8, 4) is 0 Å². The predicted octanol–water partition coefficient (Wildman–Crippen LogP) is 3.62. The molecule has 2 aromatic rings. The molecule has 1 heterocycles. The summed E-state index contributed by atoms with van der Waals surface area (Å²) in [5, 5.41) is 2.91. The molecule has 3 rings (SSSR count). The minimum absolute atomic E-state index is 0.182. The highest BCUT2D eigenvalue weighted by Crippen LogP contribution is 2.24. The Balaban J connectivity index is 1.73. The molecule has 1 aliphatic rings. The SMILES string of the molecule is Cc1cc(C)c(NC(=O)CN2CCCN(Cc3cc(C)ccc3C)S2(=O)=O)c(C)c1. The van der Waals surface area contributed by atoms with Crippen LogP contribution in [0.3, 0.4) is 0 Å². The zero-order valence-electron chi connectivity index (χ0n) is 18.4. The Bertz CT molecular complexity index is 1040. The quantitative estimate of drug-likeness (QED) is 0.789. The van der Waals surface area contributed by atoms with E-state index in [1.807, 2.05) is 65.0 Å². The highest BCUT2D eigenvalue weighted by Gasteiger charge is 2.35. The lowest BCUT2D eigenvalue weighted by molar-refractivity contribution is -0.116. The van der Waals surface area contributed by atoms with Gasteiger partial charge in [-0.25, -0.2) is 0 Å². The van der Waals surface area contributed by atoms with Crippen molar-refractivity contribution in [3.05, 3.63) is 63.7 Å². The van der Waals surface area contributed by atoms with Gasteiger partial charge in [-0.1, -0.05) is 41.5 Å². The zero-order chi connectivity index (χ0) is 22.1. The Hall–Kier alpha value is -2.22. The lowest BCUT2D eigenvalue weighted by Gasteiger charge is -2.34. The number of amides is 1. The number of nitrogens with one attached hydrogen (secondary N) is 1. The largest absolute Gasteiger partial charge is 0.324 e. The molecule has 0 atom stereocenters. The molecule has 2 aromatic carbocycles. The molecule has 6 nitrogen and oxygen atoms in total. The molecule has 1 N–H and O–H groups in total. The first kappa shape index (κ1) is 22.5. The van der Waals surface area contributed by atoms with Crippen LogP contribution in [0.5, 0.6) is 0 Å². The molecule has 0 aliphatic carbocycles. The van der Waals surface area contributed by atoms with Crippen LogP contribution in [-0.2, 0) is 21.5 Å². The Kier molecular flexibility index (Phi) is 6.65. The monoisotopic (exact) mass is 429 g/mol. The van der Waals surface area contributed by atoms with E-state index in [2.05, 4.69) is 5.32 Å². The molecule has 0 aromatic heterocycles. The fraction of sp³-hybridized carbons (Fsp3) is 0.435. The summed E-state index contributed by atoms with van der Waals surface area (Å²) >= 11 is 0. The summed E-state index contributed by atoms with van der Waals surface area (Å²) in [6, 6.07) is 10.1. The van der Waals surface area contributed by atoms with Crippen LogP contribution >= 0.6 is 0 Å². The Morgan fingerprint density at radius 1 is 0.900 bits per heavy atom. The zero-order valence-corrected chi connectivity index (χ0v) is 19.3. The average molecular weight is 430 g/mol. The normalized spacial score (nSPS) is 17.1. The molecular weight excluding hydrogens is 398 g/mol. The summed E-state index contributed by atoms with van der Waals surface area (Å²) < 4.78 is 29.1. The second-order valence-corrected chi connectivity index (χ2v) is 10.2. The molecule has 0 radical (unpaired) electrons. The van der Waals surface area contributed by atoms with Gasteiger partial charge in [0.2, 0.25) is 5.91 Å². The summed E-state index contributed by atoms with van der Waals surface area (Å²) in [4.78, 5) is 12.7. The summed E-state index contributed by atoms with van der Waals surface area (Å²) in [7, 11) is -3.70.